The largest absolute Gasteiger partial charge is 0.363 e. The summed E-state index contributed by atoms with van der Waals surface area (Å²) in [5.74, 6) is -6.54. The molecule has 8 heteroatoms. The second-order valence-corrected chi connectivity index (χ2v) is 5.76. The Hall–Kier alpha value is -1.50. The first-order valence-corrected chi connectivity index (χ1v) is 7.18. The molecule has 1 fully saturated rings. The van der Waals surface area contributed by atoms with Gasteiger partial charge in [-0.1, -0.05) is 25.4 Å². The van der Waals surface area contributed by atoms with Gasteiger partial charge >= 0.3 is 0 Å². The molecule has 22 heavy (non-hydrogen) atoms. The van der Waals surface area contributed by atoms with Crippen molar-refractivity contribution in [3.05, 3.63) is 28.3 Å². The lowest BCUT2D eigenvalue weighted by Crippen LogP contribution is -2.50. The topological polar surface area (TPSA) is 23.6 Å². The summed E-state index contributed by atoms with van der Waals surface area (Å²) in [5.41, 5.74) is -0.781. The zero-order valence-corrected chi connectivity index (χ0v) is 12.9. The van der Waals surface area contributed by atoms with Crippen LogP contribution in [0, 0.1) is 29.2 Å². The molecular formula is C14H15ClF4N2O. The first kappa shape index (κ1) is 16.9. The summed E-state index contributed by atoms with van der Waals surface area (Å²) in [6.45, 7) is 4.10. The van der Waals surface area contributed by atoms with Gasteiger partial charge < -0.3 is 9.80 Å². The smallest absolute Gasteiger partial charge is 0.225 e. The van der Waals surface area contributed by atoms with E-state index in [1.165, 1.54) is 4.90 Å². The lowest BCUT2D eigenvalue weighted by atomic mass is 10.1. The van der Waals surface area contributed by atoms with Crippen molar-refractivity contribution in [3.63, 3.8) is 0 Å². The van der Waals surface area contributed by atoms with Gasteiger partial charge in [-0.2, -0.15) is 0 Å². The van der Waals surface area contributed by atoms with E-state index in [-0.39, 0.29) is 38.0 Å². The summed E-state index contributed by atoms with van der Waals surface area (Å²) >= 11 is 5.20. The third kappa shape index (κ3) is 2.86. The van der Waals surface area contributed by atoms with Crippen LogP contribution in [0.25, 0.3) is 0 Å². The van der Waals surface area contributed by atoms with Crippen molar-refractivity contribution >= 4 is 23.2 Å². The number of anilines is 1. The van der Waals surface area contributed by atoms with Crippen LogP contribution in [0.15, 0.2) is 0 Å². The van der Waals surface area contributed by atoms with Crippen LogP contribution in [0.1, 0.15) is 13.8 Å². The monoisotopic (exact) mass is 338 g/mol. The van der Waals surface area contributed by atoms with Gasteiger partial charge in [-0.15, -0.1) is 0 Å². The van der Waals surface area contributed by atoms with Crippen LogP contribution in [0.3, 0.4) is 0 Å². The van der Waals surface area contributed by atoms with Gasteiger partial charge in [0, 0.05) is 32.1 Å². The molecule has 0 unspecified atom stereocenters. The number of hydrogen-bond acceptors (Lipinski definition) is 2. The predicted molar refractivity (Wildman–Crippen MR) is 74.9 cm³/mol. The van der Waals surface area contributed by atoms with Crippen molar-refractivity contribution in [2.75, 3.05) is 31.1 Å². The highest BCUT2D eigenvalue weighted by atomic mass is 35.5. The number of hydrogen-bond donors (Lipinski definition) is 0. The predicted octanol–water partition coefficient (Wildman–Crippen LogP) is 3.20. The zero-order valence-electron chi connectivity index (χ0n) is 12.1. The molecule has 1 heterocycles. The minimum absolute atomic E-state index is 0.0749. The molecule has 1 aliphatic heterocycles. The summed E-state index contributed by atoms with van der Waals surface area (Å²) in [6.07, 6.45) is 0. The van der Waals surface area contributed by atoms with Crippen molar-refractivity contribution in [1.82, 2.24) is 4.90 Å². The number of halogens is 5. The van der Waals surface area contributed by atoms with Crippen molar-refractivity contribution in [1.29, 1.82) is 0 Å². The van der Waals surface area contributed by atoms with Gasteiger partial charge in [0.1, 0.15) is 10.7 Å². The molecule has 1 aromatic carbocycles. The molecule has 0 aliphatic carbocycles. The first-order valence-electron chi connectivity index (χ1n) is 6.80. The highest BCUT2D eigenvalue weighted by Gasteiger charge is 2.31. The Bertz CT molecular complexity index is 572. The van der Waals surface area contributed by atoms with Gasteiger partial charge in [-0.3, -0.25) is 4.79 Å². The summed E-state index contributed by atoms with van der Waals surface area (Å²) in [6, 6.07) is 0. The maximum atomic E-state index is 13.9. The van der Waals surface area contributed by atoms with Gasteiger partial charge in [0.25, 0.3) is 0 Å². The zero-order chi connectivity index (χ0) is 16.6. The molecule has 0 radical (unpaired) electrons. The van der Waals surface area contributed by atoms with E-state index in [4.69, 9.17) is 11.6 Å². The second kappa shape index (κ2) is 6.32. The van der Waals surface area contributed by atoms with E-state index in [1.54, 1.807) is 18.7 Å². The molecule has 0 saturated carbocycles. The van der Waals surface area contributed by atoms with Gasteiger partial charge in [-0.05, 0) is 0 Å². The number of carbonyl (C=O) groups is 1. The number of piperazine rings is 1. The molecule has 1 aromatic rings. The Morgan fingerprint density at radius 2 is 1.41 bits per heavy atom. The number of rotatable bonds is 2. The lowest BCUT2D eigenvalue weighted by molar-refractivity contribution is -0.134. The summed E-state index contributed by atoms with van der Waals surface area (Å²) < 4.78 is 54.8. The first-order chi connectivity index (χ1) is 10.3. The maximum absolute atomic E-state index is 13.9. The standard InChI is InChI=1S/C14H15ClF4N2O/c1-7(2)14(22)21-5-3-20(4-6-21)13-11(18)9(16)8(15)10(17)12(13)19/h7H,3-6H2,1-2H3. The Morgan fingerprint density at radius 1 is 0.955 bits per heavy atom. The molecule has 0 bridgehead atoms. The van der Waals surface area contributed by atoms with E-state index in [1.807, 2.05) is 0 Å². The SMILES string of the molecule is CC(C)C(=O)N1CCN(c2c(F)c(F)c(Cl)c(F)c2F)CC1. The molecule has 0 N–H and O–H groups in total. The van der Waals surface area contributed by atoms with E-state index >= 15 is 0 Å². The number of amides is 1. The fourth-order valence-electron chi connectivity index (χ4n) is 2.39. The van der Waals surface area contributed by atoms with Gasteiger partial charge in [0.15, 0.2) is 23.3 Å². The minimum Gasteiger partial charge on any atom is -0.363 e. The molecule has 122 valence electrons. The van der Waals surface area contributed by atoms with E-state index in [2.05, 4.69) is 0 Å². The van der Waals surface area contributed by atoms with Crippen molar-refractivity contribution in [2.45, 2.75) is 13.8 Å². The number of carbonyl (C=O) groups excluding carboxylic acids is 1. The van der Waals surface area contributed by atoms with Crippen LogP contribution in [0.4, 0.5) is 23.2 Å². The van der Waals surface area contributed by atoms with Crippen LogP contribution >= 0.6 is 11.6 Å². The Kier molecular flexibility index (Phi) is 4.84. The highest BCUT2D eigenvalue weighted by Crippen LogP contribution is 2.33. The molecule has 0 atom stereocenters. The number of benzene rings is 1. The van der Waals surface area contributed by atoms with E-state index in [0.29, 0.717) is 0 Å². The quantitative estimate of drug-likeness (QED) is 0.470. The third-order valence-corrected chi connectivity index (χ3v) is 3.92. The van der Waals surface area contributed by atoms with Gasteiger partial charge in [-0.25, -0.2) is 17.6 Å². The Balaban J connectivity index is 2.24. The molecule has 2 rings (SSSR count). The molecule has 3 nitrogen and oxygen atoms in total. The van der Waals surface area contributed by atoms with Gasteiger partial charge in [0.2, 0.25) is 5.91 Å². The maximum Gasteiger partial charge on any atom is 0.225 e. The fourth-order valence-corrected chi connectivity index (χ4v) is 2.55. The van der Waals surface area contributed by atoms with Crippen LogP contribution in [-0.4, -0.2) is 37.0 Å². The summed E-state index contributed by atoms with van der Waals surface area (Å²) in [5, 5.41) is -1.20. The van der Waals surface area contributed by atoms with Crippen molar-refractivity contribution in [2.24, 2.45) is 5.92 Å². The van der Waals surface area contributed by atoms with Crippen molar-refractivity contribution in [3.8, 4) is 0 Å². The van der Waals surface area contributed by atoms with E-state index in [9.17, 15) is 22.4 Å². The van der Waals surface area contributed by atoms with E-state index in [0.717, 1.165) is 0 Å². The molecule has 1 amide bonds. The number of nitrogens with zero attached hydrogens (tertiary/aromatic N) is 2. The minimum atomic E-state index is -1.61. The molecule has 1 aliphatic rings. The Labute approximate surface area is 130 Å². The lowest BCUT2D eigenvalue weighted by Gasteiger charge is -2.37. The summed E-state index contributed by atoms with van der Waals surface area (Å²) in [4.78, 5) is 14.6. The molecular weight excluding hydrogens is 324 g/mol. The fraction of sp³-hybridized carbons (Fsp3) is 0.500. The average Bonchev–Trinajstić information content (AvgIpc) is 2.51. The van der Waals surface area contributed by atoms with Crippen molar-refractivity contribution < 1.29 is 22.4 Å². The van der Waals surface area contributed by atoms with Crippen LogP contribution in [-0.2, 0) is 4.79 Å². The van der Waals surface area contributed by atoms with Crippen LogP contribution in [0.2, 0.25) is 5.02 Å². The van der Waals surface area contributed by atoms with Gasteiger partial charge in [0.05, 0.1) is 0 Å². The second-order valence-electron chi connectivity index (χ2n) is 5.39. The highest BCUT2D eigenvalue weighted by molar-refractivity contribution is 6.31. The molecule has 0 spiro atoms. The molecule has 0 aromatic heterocycles. The normalized spacial score (nSPS) is 15.6. The van der Waals surface area contributed by atoms with Crippen LogP contribution < -0.4 is 4.90 Å². The Morgan fingerprint density at radius 3 is 1.82 bits per heavy atom. The summed E-state index contributed by atoms with van der Waals surface area (Å²) in [7, 11) is 0. The molecule has 1 saturated heterocycles. The van der Waals surface area contributed by atoms with Crippen LogP contribution in [0.5, 0.6) is 0 Å². The van der Waals surface area contributed by atoms with E-state index < -0.39 is 34.0 Å². The third-order valence-electron chi connectivity index (χ3n) is 3.59. The average molecular weight is 339 g/mol.